The van der Waals surface area contributed by atoms with Gasteiger partial charge in [-0.25, -0.2) is 0 Å². The summed E-state index contributed by atoms with van der Waals surface area (Å²) in [5.41, 5.74) is 0.649. The maximum Gasteiger partial charge on any atom is 0.106 e. The van der Waals surface area contributed by atoms with Crippen LogP contribution in [0.4, 0.5) is 0 Å². The largest absolute Gasteiger partial charge is 0.390 e. The average Bonchev–Trinajstić information content (AvgIpc) is 2.18. The number of halogens is 1. The van der Waals surface area contributed by atoms with Crippen LogP contribution in [0.25, 0.3) is 0 Å². The molecule has 72 valence electrons. The highest BCUT2D eigenvalue weighted by atomic mass is 79.9. The van der Waals surface area contributed by atoms with Crippen LogP contribution >= 0.6 is 15.9 Å². The Morgan fingerprint density at radius 3 is 2.77 bits per heavy atom. The summed E-state index contributed by atoms with van der Waals surface area (Å²) in [5, 5.41) is 19.7. The molecule has 2 N–H and O–H groups in total. The van der Waals surface area contributed by atoms with Crippen LogP contribution in [0.15, 0.2) is 24.5 Å². The first-order valence-electron chi connectivity index (χ1n) is 4.07. The van der Waals surface area contributed by atoms with Crippen molar-refractivity contribution in [1.82, 2.24) is 4.98 Å². The quantitative estimate of drug-likeness (QED) is 0.786. The van der Waals surface area contributed by atoms with Crippen LogP contribution < -0.4 is 0 Å². The number of nitrogens with zero attached hydrogens (tertiary/aromatic N) is 1. The van der Waals surface area contributed by atoms with Gasteiger partial charge in [0.05, 0.1) is 6.10 Å². The molecule has 1 aromatic rings. The molecular formula is C9H12BrNO2. The normalized spacial score (nSPS) is 15.3. The van der Waals surface area contributed by atoms with Crippen LogP contribution in [-0.2, 0) is 0 Å². The minimum atomic E-state index is -0.841. The van der Waals surface area contributed by atoms with Gasteiger partial charge in [-0.15, -0.1) is 0 Å². The summed E-state index contributed by atoms with van der Waals surface area (Å²) in [6.07, 6.45) is 2.14. The smallest absolute Gasteiger partial charge is 0.106 e. The van der Waals surface area contributed by atoms with Crippen molar-refractivity contribution in [3.63, 3.8) is 0 Å². The molecule has 0 aromatic carbocycles. The van der Waals surface area contributed by atoms with E-state index in [9.17, 15) is 10.2 Å². The maximum absolute atomic E-state index is 9.61. The zero-order chi connectivity index (χ0) is 9.68. The van der Waals surface area contributed by atoms with Gasteiger partial charge in [-0.2, -0.15) is 0 Å². The second kappa shape index (κ2) is 5.32. The molecule has 0 fully saturated rings. The van der Waals surface area contributed by atoms with Crippen molar-refractivity contribution < 1.29 is 10.2 Å². The Kier molecular flexibility index (Phi) is 4.35. The first kappa shape index (κ1) is 10.6. The number of rotatable bonds is 4. The van der Waals surface area contributed by atoms with E-state index in [1.54, 1.807) is 24.5 Å². The summed E-state index contributed by atoms with van der Waals surface area (Å²) in [6.45, 7) is 0. The number of aromatic nitrogens is 1. The predicted molar refractivity (Wildman–Crippen MR) is 53.6 cm³/mol. The molecule has 0 radical (unpaired) electrons. The Balaban J connectivity index is 2.62. The molecule has 1 rings (SSSR count). The predicted octanol–water partition coefficient (Wildman–Crippen LogP) is 1.26. The zero-order valence-corrected chi connectivity index (χ0v) is 8.68. The lowest BCUT2D eigenvalue weighted by Gasteiger charge is -2.16. The van der Waals surface area contributed by atoms with Gasteiger partial charge in [-0.05, 0) is 12.5 Å². The molecule has 4 heteroatoms. The zero-order valence-electron chi connectivity index (χ0n) is 7.10. The summed E-state index contributed by atoms with van der Waals surface area (Å²) >= 11 is 3.20. The molecule has 0 aliphatic rings. The van der Waals surface area contributed by atoms with Gasteiger partial charge in [0.25, 0.3) is 0 Å². The average molecular weight is 246 g/mol. The molecule has 0 saturated heterocycles. The summed E-state index contributed by atoms with van der Waals surface area (Å²) in [4.78, 5) is 3.87. The highest BCUT2D eigenvalue weighted by Crippen LogP contribution is 2.17. The van der Waals surface area contributed by atoms with Gasteiger partial charge in [-0.3, -0.25) is 4.98 Å². The standard InChI is InChI=1S/C9H12BrNO2/c10-4-3-8(12)9(13)7-2-1-5-11-6-7/h1-2,5-6,8-9,12-13H,3-4H2. The highest BCUT2D eigenvalue weighted by Gasteiger charge is 2.17. The number of aliphatic hydroxyl groups excluding tert-OH is 2. The van der Waals surface area contributed by atoms with Crippen LogP contribution in [0.1, 0.15) is 18.1 Å². The molecule has 2 unspecified atom stereocenters. The summed E-state index contributed by atoms with van der Waals surface area (Å²) in [5.74, 6) is 0. The Morgan fingerprint density at radius 2 is 2.23 bits per heavy atom. The number of alkyl halides is 1. The Hall–Kier alpha value is -0.450. The van der Waals surface area contributed by atoms with Crippen LogP contribution in [0.5, 0.6) is 0 Å². The van der Waals surface area contributed by atoms with Gasteiger partial charge in [0, 0.05) is 23.3 Å². The monoisotopic (exact) mass is 245 g/mol. The van der Waals surface area contributed by atoms with E-state index in [1.165, 1.54) is 0 Å². The molecule has 0 spiro atoms. The van der Waals surface area contributed by atoms with Gasteiger partial charge in [0.15, 0.2) is 0 Å². The first-order valence-corrected chi connectivity index (χ1v) is 5.20. The lowest BCUT2D eigenvalue weighted by atomic mass is 10.1. The topological polar surface area (TPSA) is 53.4 Å². The van der Waals surface area contributed by atoms with Gasteiger partial charge >= 0.3 is 0 Å². The van der Waals surface area contributed by atoms with Crippen molar-refractivity contribution in [2.24, 2.45) is 0 Å². The van der Waals surface area contributed by atoms with E-state index >= 15 is 0 Å². The van der Waals surface area contributed by atoms with Gasteiger partial charge < -0.3 is 10.2 Å². The molecular weight excluding hydrogens is 234 g/mol. The molecule has 3 nitrogen and oxygen atoms in total. The Labute approximate surface area is 85.6 Å². The molecule has 1 aromatic heterocycles. The van der Waals surface area contributed by atoms with Crippen molar-refractivity contribution in [3.05, 3.63) is 30.1 Å². The van der Waals surface area contributed by atoms with Crippen LogP contribution in [-0.4, -0.2) is 26.6 Å². The fourth-order valence-electron chi connectivity index (χ4n) is 1.04. The summed E-state index contributed by atoms with van der Waals surface area (Å²) in [6, 6.07) is 3.48. The fraction of sp³-hybridized carbons (Fsp3) is 0.444. The number of aliphatic hydroxyl groups is 2. The van der Waals surface area contributed by atoms with E-state index < -0.39 is 12.2 Å². The third-order valence-corrected chi connectivity index (χ3v) is 2.25. The molecule has 2 atom stereocenters. The highest BCUT2D eigenvalue weighted by molar-refractivity contribution is 9.09. The van der Waals surface area contributed by atoms with Crippen molar-refractivity contribution in [2.45, 2.75) is 18.6 Å². The third-order valence-electron chi connectivity index (χ3n) is 1.80. The van der Waals surface area contributed by atoms with Gasteiger partial charge in [0.2, 0.25) is 0 Å². The second-order valence-electron chi connectivity index (χ2n) is 2.78. The van der Waals surface area contributed by atoms with E-state index in [0.29, 0.717) is 17.3 Å². The van der Waals surface area contributed by atoms with E-state index in [1.807, 2.05) is 0 Å². The van der Waals surface area contributed by atoms with Crippen molar-refractivity contribution in [1.29, 1.82) is 0 Å². The lowest BCUT2D eigenvalue weighted by Crippen LogP contribution is -2.18. The number of hydrogen-bond acceptors (Lipinski definition) is 3. The maximum atomic E-state index is 9.61. The number of pyridine rings is 1. The second-order valence-corrected chi connectivity index (χ2v) is 3.57. The molecule has 0 bridgehead atoms. The van der Waals surface area contributed by atoms with E-state index in [4.69, 9.17) is 0 Å². The third kappa shape index (κ3) is 3.06. The molecule has 13 heavy (non-hydrogen) atoms. The minimum absolute atomic E-state index is 0.524. The molecule has 0 aliphatic carbocycles. The van der Waals surface area contributed by atoms with Crippen LogP contribution in [0.2, 0.25) is 0 Å². The molecule has 0 aliphatic heterocycles. The van der Waals surface area contributed by atoms with Crippen LogP contribution in [0, 0.1) is 0 Å². The fourth-order valence-corrected chi connectivity index (χ4v) is 1.51. The first-order chi connectivity index (χ1) is 6.25. The van der Waals surface area contributed by atoms with Crippen molar-refractivity contribution in [2.75, 3.05) is 5.33 Å². The van der Waals surface area contributed by atoms with Gasteiger partial charge in [0.1, 0.15) is 6.10 Å². The van der Waals surface area contributed by atoms with Crippen molar-refractivity contribution in [3.8, 4) is 0 Å². The molecule has 0 amide bonds. The lowest BCUT2D eigenvalue weighted by molar-refractivity contribution is 0.0171. The molecule has 0 saturated carbocycles. The van der Waals surface area contributed by atoms with E-state index in [0.717, 1.165) is 0 Å². The van der Waals surface area contributed by atoms with E-state index in [2.05, 4.69) is 20.9 Å². The van der Waals surface area contributed by atoms with Crippen LogP contribution in [0.3, 0.4) is 0 Å². The SMILES string of the molecule is OC(CCBr)C(O)c1cccnc1. The Morgan fingerprint density at radius 1 is 1.46 bits per heavy atom. The van der Waals surface area contributed by atoms with Gasteiger partial charge in [-0.1, -0.05) is 22.0 Å². The Bertz CT molecular complexity index is 243. The summed E-state index contributed by atoms with van der Waals surface area (Å²) < 4.78 is 0. The number of hydrogen-bond donors (Lipinski definition) is 2. The minimum Gasteiger partial charge on any atom is -0.390 e. The summed E-state index contributed by atoms with van der Waals surface area (Å²) in [7, 11) is 0. The van der Waals surface area contributed by atoms with Crippen molar-refractivity contribution >= 4 is 15.9 Å². The van der Waals surface area contributed by atoms with E-state index in [-0.39, 0.29) is 0 Å². The molecule has 1 heterocycles.